The fourth-order valence-corrected chi connectivity index (χ4v) is 1.27. The number of carbonyl (C=O) groups is 1. The van der Waals surface area contributed by atoms with Crippen molar-refractivity contribution in [1.29, 1.82) is 0 Å². The smallest absolute Gasteiger partial charge is 0.360 e. The first-order chi connectivity index (χ1) is 7.24. The quantitative estimate of drug-likeness (QED) is 0.577. The SMILES string of the molecule is COC(=O)c1nnn(CCN)c1CCN. The second-order valence-electron chi connectivity index (χ2n) is 2.93. The highest BCUT2D eigenvalue weighted by Gasteiger charge is 2.18. The molecule has 0 saturated heterocycles. The monoisotopic (exact) mass is 213 g/mol. The number of nitrogens with two attached hydrogens (primary N) is 2. The van der Waals surface area contributed by atoms with Crippen LogP contribution in [0.2, 0.25) is 0 Å². The molecule has 0 amide bonds. The number of carbonyl (C=O) groups excluding carboxylic acids is 1. The zero-order valence-corrected chi connectivity index (χ0v) is 8.64. The van der Waals surface area contributed by atoms with Crippen LogP contribution in [-0.4, -0.2) is 41.2 Å². The largest absolute Gasteiger partial charge is 0.464 e. The number of rotatable bonds is 5. The van der Waals surface area contributed by atoms with Gasteiger partial charge in [-0.3, -0.25) is 0 Å². The van der Waals surface area contributed by atoms with E-state index in [1.54, 1.807) is 4.68 Å². The summed E-state index contributed by atoms with van der Waals surface area (Å²) < 4.78 is 6.17. The molecule has 1 heterocycles. The summed E-state index contributed by atoms with van der Waals surface area (Å²) in [7, 11) is 1.30. The van der Waals surface area contributed by atoms with Crippen molar-refractivity contribution in [2.45, 2.75) is 13.0 Å². The second kappa shape index (κ2) is 5.42. The lowest BCUT2D eigenvalue weighted by molar-refractivity contribution is 0.0592. The van der Waals surface area contributed by atoms with Gasteiger partial charge in [0.1, 0.15) is 0 Å². The minimum atomic E-state index is -0.498. The van der Waals surface area contributed by atoms with Gasteiger partial charge in [0.05, 0.1) is 19.3 Å². The maximum Gasteiger partial charge on any atom is 0.360 e. The van der Waals surface area contributed by atoms with Crippen LogP contribution >= 0.6 is 0 Å². The van der Waals surface area contributed by atoms with Crippen LogP contribution in [0.1, 0.15) is 16.2 Å². The third kappa shape index (κ3) is 2.51. The summed E-state index contributed by atoms with van der Waals surface area (Å²) in [6, 6.07) is 0. The van der Waals surface area contributed by atoms with Crippen molar-refractivity contribution in [3.63, 3.8) is 0 Å². The first kappa shape index (κ1) is 11.6. The molecular formula is C8H15N5O2. The zero-order valence-electron chi connectivity index (χ0n) is 8.64. The Labute approximate surface area is 87.4 Å². The highest BCUT2D eigenvalue weighted by Crippen LogP contribution is 2.07. The van der Waals surface area contributed by atoms with E-state index >= 15 is 0 Å². The van der Waals surface area contributed by atoms with Gasteiger partial charge in [0, 0.05) is 13.0 Å². The average Bonchev–Trinajstić information content (AvgIpc) is 2.62. The summed E-state index contributed by atoms with van der Waals surface area (Å²) >= 11 is 0. The molecule has 0 spiro atoms. The van der Waals surface area contributed by atoms with Crippen LogP contribution in [-0.2, 0) is 17.7 Å². The van der Waals surface area contributed by atoms with Crippen molar-refractivity contribution in [1.82, 2.24) is 15.0 Å². The third-order valence-corrected chi connectivity index (χ3v) is 1.94. The molecule has 15 heavy (non-hydrogen) atoms. The van der Waals surface area contributed by atoms with Crippen molar-refractivity contribution < 1.29 is 9.53 Å². The highest BCUT2D eigenvalue weighted by molar-refractivity contribution is 5.88. The van der Waals surface area contributed by atoms with Crippen LogP contribution in [0, 0.1) is 0 Å². The number of methoxy groups -OCH3 is 1. The van der Waals surface area contributed by atoms with Gasteiger partial charge in [0.25, 0.3) is 0 Å². The Kier molecular flexibility index (Phi) is 4.19. The van der Waals surface area contributed by atoms with Gasteiger partial charge in [-0.2, -0.15) is 0 Å². The highest BCUT2D eigenvalue weighted by atomic mass is 16.5. The van der Waals surface area contributed by atoms with Gasteiger partial charge in [0.15, 0.2) is 5.69 Å². The molecule has 0 fully saturated rings. The van der Waals surface area contributed by atoms with E-state index in [9.17, 15) is 4.79 Å². The lowest BCUT2D eigenvalue weighted by Crippen LogP contribution is -2.17. The molecule has 84 valence electrons. The van der Waals surface area contributed by atoms with E-state index < -0.39 is 5.97 Å². The normalized spacial score (nSPS) is 10.3. The summed E-state index contributed by atoms with van der Waals surface area (Å²) in [5.41, 5.74) is 11.7. The van der Waals surface area contributed by atoms with E-state index in [2.05, 4.69) is 15.0 Å². The maximum absolute atomic E-state index is 11.3. The molecule has 1 rings (SSSR count). The van der Waals surface area contributed by atoms with E-state index in [0.29, 0.717) is 31.7 Å². The molecule has 0 aliphatic rings. The standard InChI is InChI=1S/C8H15N5O2/c1-15-8(14)7-6(2-3-9)13(5-4-10)12-11-7/h2-5,9-10H2,1H3. The summed E-state index contributed by atoms with van der Waals surface area (Å²) in [6.07, 6.45) is 0.525. The molecule has 1 aromatic rings. The van der Waals surface area contributed by atoms with Gasteiger partial charge in [-0.15, -0.1) is 5.10 Å². The molecule has 0 aromatic carbocycles. The Bertz CT molecular complexity index is 336. The number of hydrogen-bond acceptors (Lipinski definition) is 6. The predicted molar refractivity (Wildman–Crippen MR) is 53.2 cm³/mol. The molecule has 7 nitrogen and oxygen atoms in total. The Morgan fingerprint density at radius 2 is 2.20 bits per heavy atom. The number of ether oxygens (including phenoxy) is 1. The number of esters is 1. The van der Waals surface area contributed by atoms with E-state index in [-0.39, 0.29) is 5.69 Å². The molecule has 7 heteroatoms. The van der Waals surface area contributed by atoms with Crippen molar-refractivity contribution >= 4 is 5.97 Å². The van der Waals surface area contributed by atoms with Gasteiger partial charge in [-0.1, -0.05) is 5.21 Å². The first-order valence-corrected chi connectivity index (χ1v) is 4.65. The van der Waals surface area contributed by atoms with E-state index in [0.717, 1.165) is 0 Å². The van der Waals surface area contributed by atoms with Crippen molar-refractivity contribution in [3.8, 4) is 0 Å². The number of hydrogen-bond donors (Lipinski definition) is 2. The molecular weight excluding hydrogens is 198 g/mol. The molecule has 0 bridgehead atoms. The van der Waals surface area contributed by atoms with Gasteiger partial charge >= 0.3 is 5.97 Å². The van der Waals surface area contributed by atoms with Crippen LogP contribution in [0.4, 0.5) is 0 Å². The van der Waals surface area contributed by atoms with Crippen molar-refractivity contribution in [3.05, 3.63) is 11.4 Å². The topological polar surface area (TPSA) is 109 Å². The fourth-order valence-electron chi connectivity index (χ4n) is 1.27. The van der Waals surface area contributed by atoms with Crippen LogP contribution in [0.5, 0.6) is 0 Å². The molecule has 0 unspecified atom stereocenters. The third-order valence-electron chi connectivity index (χ3n) is 1.94. The van der Waals surface area contributed by atoms with Gasteiger partial charge in [-0.25, -0.2) is 9.48 Å². The molecule has 1 aromatic heterocycles. The summed E-state index contributed by atoms with van der Waals surface area (Å²) in [6.45, 7) is 1.36. The Balaban J connectivity index is 2.99. The minimum Gasteiger partial charge on any atom is -0.464 e. The van der Waals surface area contributed by atoms with Crippen molar-refractivity contribution in [2.24, 2.45) is 11.5 Å². The predicted octanol–water partition coefficient (Wildman–Crippen LogP) is -1.48. The summed E-state index contributed by atoms with van der Waals surface area (Å²) in [4.78, 5) is 11.3. The lowest BCUT2D eigenvalue weighted by atomic mass is 10.2. The fraction of sp³-hybridized carbons (Fsp3) is 0.625. The summed E-state index contributed by atoms with van der Waals surface area (Å²) in [5.74, 6) is -0.498. The Hall–Kier alpha value is -1.47. The minimum absolute atomic E-state index is 0.219. The molecule has 0 aliphatic carbocycles. The molecule has 4 N–H and O–H groups in total. The molecule has 0 radical (unpaired) electrons. The van der Waals surface area contributed by atoms with E-state index in [4.69, 9.17) is 11.5 Å². The van der Waals surface area contributed by atoms with E-state index in [1.807, 2.05) is 0 Å². The Morgan fingerprint density at radius 3 is 2.73 bits per heavy atom. The molecule has 0 saturated carbocycles. The van der Waals surface area contributed by atoms with Gasteiger partial charge in [0.2, 0.25) is 0 Å². The van der Waals surface area contributed by atoms with Crippen LogP contribution < -0.4 is 11.5 Å². The van der Waals surface area contributed by atoms with Crippen LogP contribution in [0.15, 0.2) is 0 Å². The first-order valence-electron chi connectivity index (χ1n) is 4.65. The number of aromatic nitrogens is 3. The summed E-state index contributed by atoms with van der Waals surface area (Å²) in [5, 5.41) is 7.58. The lowest BCUT2D eigenvalue weighted by Gasteiger charge is -2.04. The molecule has 0 aliphatic heterocycles. The van der Waals surface area contributed by atoms with E-state index in [1.165, 1.54) is 7.11 Å². The Morgan fingerprint density at radius 1 is 1.47 bits per heavy atom. The van der Waals surface area contributed by atoms with Gasteiger partial charge in [-0.05, 0) is 6.54 Å². The van der Waals surface area contributed by atoms with Crippen LogP contribution in [0.25, 0.3) is 0 Å². The van der Waals surface area contributed by atoms with Crippen molar-refractivity contribution in [2.75, 3.05) is 20.2 Å². The second-order valence-corrected chi connectivity index (χ2v) is 2.93. The maximum atomic E-state index is 11.3. The average molecular weight is 213 g/mol. The zero-order chi connectivity index (χ0) is 11.3. The van der Waals surface area contributed by atoms with Gasteiger partial charge < -0.3 is 16.2 Å². The van der Waals surface area contributed by atoms with Crippen LogP contribution in [0.3, 0.4) is 0 Å². The number of nitrogens with zero attached hydrogens (tertiary/aromatic N) is 3. The molecule has 0 atom stereocenters.